The van der Waals surface area contributed by atoms with Crippen LogP contribution < -0.4 is 20.7 Å². The molecule has 0 bridgehead atoms. The molecule has 0 atom stereocenters. The van der Waals surface area contributed by atoms with Crippen molar-refractivity contribution in [2.75, 3.05) is 18.5 Å². The minimum Gasteiger partial charge on any atom is -0.493 e. The molecule has 33 heavy (non-hydrogen) atoms. The number of carbonyl (C=O) groups is 2. The second-order valence-electron chi connectivity index (χ2n) is 7.29. The fourth-order valence-corrected chi connectivity index (χ4v) is 3.37. The molecule has 0 aliphatic carbocycles. The van der Waals surface area contributed by atoms with Crippen LogP contribution in [0.4, 0.5) is 5.69 Å². The average molecular weight is 462 g/mol. The topological polar surface area (TPSA) is 79.5 Å². The van der Waals surface area contributed by atoms with Crippen LogP contribution in [-0.4, -0.2) is 30.1 Å². The molecule has 0 unspecified atom stereocenters. The number of hydrogen-bond donors (Lipinski definition) is 3. The van der Waals surface area contributed by atoms with Crippen LogP contribution >= 0.6 is 12.2 Å². The minimum atomic E-state index is -0.385. The molecule has 0 radical (unpaired) electrons. The van der Waals surface area contributed by atoms with Gasteiger partial charge in [-0.2, -0.15) is 0 Å². The summed E-state index contributed by atoms with van der Waals surface area (Å²) in [6.07, 6.45) is 1.57. The van der Waals surface area contributed by atoms with Gasteiger partial charge in [0, 0.05) is 6.54 Å². The summed E-state index contributed by atoms with van der Waals surface area (Å²) in [6, 6.07) is 24.0. The molecule has 0 aliphatic rings. The molecule has 0 saturated carbocycles. The molecular weight excluding hydrogens is 434 g/mol. The highest BCUT2D eigenvalue weighted by Crippen LogP contribution is 2.19. The molecule has 3 aromatic rings. The van der Waals surface area contributed by atoms with Gasteiger partial charge in [-0.3, -0.25) is 14.9 Å². The van der Waals surface area contributed by atoms with E-state index in [2.05, 4.69) is 16.0 Å². The summed E-state index contributed by atoms with van der Waals surface area (Å²) >= 11 is 5.32. The van der Waals surface area contributed by atoms with Crippen LogP contribution in [0.3, 0.4) is 0 Å². The van der Waals surface area contributed by atoms with Gasteiger partial charge in [0.2, 0.25) is 0 Å². The van der Waals surface area contributed by atoms with Crippen LogP contribution in [-0.2, 0) is 6.42 Å². The number of anilines is 1. The first-order valence-corrected chi connectivity index (χ1v) is 11.2. The van der Waals surface area contributed by atoms with Crippen molar-refractivity contribution in [3.05, 3.63) is 95.6 Å². The third kappa shape index (κ3) is 7.15. The molecule has 7 heteroatoms. The first-order chi connectivity index (χ1) is 16.1. The fraction of sp³-hybridized carbons (Fsp3) is 0.192. The highest BCUT2D eigenvalue weighted by molar-refractivity contribution is 7.80. The maximum atomic E-state index is 12.7. The Kier molecular flexibility index (Phi) is 8.97. The highest BCUT2D eigenvalue weighted by Gasteiger charge is 2.16. The molecule has 0 heterocycles. The summed E-state index contributed by atoms with van der Waals surface area (Å²) in [5.74, 6) is -0.108. The molecule has 2 amide bonds. The number of amides is 2. The standard InChI is InChI=1S/C26H27N3O3S/c1-2-18-32-23-15-9-7-13-21(23)25(31)29-26(33)28-22-14-8-6-12-20(22)24(30)27-17-16-19-10-4-3-5-11-19/h3-15H,2,16-18H2,1H3,(H,27,30)(H2,28,29,31,33). The van der Waals surface area contributed by atoms with Gasteiger partial charge in [0.15, 0.2) is 5.11 Å². The second-order valence-corrected chi connectivity index (χ2v) is 7.70. The molecule has 3 aromatic carbocycles. The Morgan fingerprint density at radius 2 is 1.52 bits per heavy atom. The summed E-state index contributed by atoms with van der Waals surface area (Å²) < 4.78 is 5.65. The van der Waals surface area contributed by atoms with E-state index in [0.717, 1.165) is 18.4 Å². The molecule has 3 rings (SSSR count). The van der Waals surface area contributed by atoms with Gasteiger partial charge in [-0.05, 0) is 54.9 Å². The molecule has 0 spiro atoms. The van der Waals surface area contributed by atoms with E-state index in [1.165, 1.54) is 0 Å². The molecule has 0 saturated heterocycles. The summed E-state index contributed by atoms with van der Waals surface area (Å²) in [5, 5.41) is 8.64. The van der Waals surface area contributed by atoms with Crippen LogP contribution in [0.1, 0.15) is 39.6 Å². The van der Waals surface area contributed by atoms with Gasteiger partial charge in [0.1, 0.15) is 5.75 Å². The van der Waals surface area contributed by atoms with Crippen molar-refractivity contribution in [2.45, 2.75) is 19.8 Å². The van der Waals surface area contributed by atoms with Crippen LogP contribution in [0.15, 0.2) is 78.9 Å². The Morgan fingerprint density at radius 1 is 0.848 bits per heavy atom. The van der Waals surface area contributed by atoms with E-state index in [-0.39, 0.29) is 16.9 Å². The second kappa shape index (κ2) is 12.4. The van der Waals surface area contributed by atoms with Gasteiger partial charge in [-0.1, -0.05) is 61.5 Å². The van der Waals surface area contributed by atoms with E-state index in [4.69, 9.17) is 17.0 Å². The van der Waals surface area contributed by atoms with Gasteiger partial charge in [-0.25, -0.2) is 0 Å². The van der Waals surface area contributed by atoms with Gasteiger partial charge in [0.05, 0.1) is 23.4 Å². The molecule has 3 N–H and O–H groups in total. The third-order valence-electron chi connectivity index (χ3n) is 4.78. The first kappa shape index (κ1) is 23.9. The van der Waals surface area contributed by atoms with Crippen LogP contribution in [0.25, 0.3) is 0 Å². The molecule has 0 fully saturated rings. The summed E-state index contributed by atoms with van der Waals surface area (Å²) in [4.78, 5) is 25.5. The number of para-hydroxylation sites is 2. The van der Waals surface area contributed by atoms with Crippen LogP contribution in [0.2, 0.25) is 0 Å². The fourth-order valence-electron chi connectivity index (χ4n) is 3.17. The Morgan fingerprint density at radius 3 is 2.27 bits per heavy atom. The number of thiocarbonyl (C=S) groups is 1. The normalized spacial score (nSPS) is 10.2. The van der Waals surface area contributed by atoms with Gasteiger partial charge in [-0.15, -0.1) is 0 Å². The van der Waals surface area contributed by atoms with Crippen molar-refractivity contribution in [3.8, 4) is 5.75 Å². The smallest absolute Gasteiger partial charge is 0.261 e. The molecule has 0 aromatic heterocycles. The van der Waals surface area contributed by atoms with Crippen molar-refractivity contribution < 1.29 is 14.3 Å². The van der Waals surface area contributed by atoms with Crippen molar-refractivity contribution in [2.24, 2.45) is 0 Å². The zero-order valence-corrected chi connectivity index (χ0v) is 19.3. The third-order valence-corrected chi connectivity index (χ3v) is 4.99. The highest BCUT2D eigenvalue weighted by atomic mass is 32.1. The maximum absolute atomic E-state index is 12.7. The lowest BCUT2D eigenvalue weighted by molar-refractivity contribution is 0.0952. The van der Waals surface area contributed by atoms with Crippen molar-refractivity contribution in [3.63, 3.8) is 0 Å². The Hall–Kier alpha value is -3.71. The molecular formula is C26H27N3O3S. The number of rotatable bonds is 9. The summed E-state index contributed by atoms with van der Waals surface area (Å²) in [7, 11) is 0. The van der Waals surface area contributed by atoms with Crippen molar-refractivity contribution in [1.29, 1.82) is 0 Å². The Labute approximate surface area is 199 Å². The lowest BCUT2D eigenvalue weighted by atomic mass is 10.1. The van der Waals surface area contributed by atoms with Gasteiger partial charge in [0.25, 0.3) is 11.8 Å². The maximum Gasteiger partial charge on any atom is 0.261 e. The predicted octanol–water partition coefficient (Wildman–Crippen LogP) is 4.57. The quantitative estimate of drug-likeness (QED) is 0.407. The van der Waals surface area contributed by atoms with Crippen molar-refractivity contribution >= 4 is 34.8 Å². The Bertz CT molecular complexity index is 1100. The van der Waals surface area contributed by atoms with E-state index < -0.39 is 0 Å². The van der Waals surface area contributed by atoms with Gasteiger partial charge >= 0.3 is 0 Å². The van der Waals surface area contributed by atoms with E-state index in [0.29, 0.717) is 35.7 Å². The van der Waals surface area contributed by atoms with Crippen molar-refractivity contribution in [1.82, 2.24) is 10.6 Å². The summed E-state index contributed by atoms with van der Waals surface area (Å²) in [6.45, 7) is 3.02. The average Bonchev–Trinajstić information content (AvgIpc) is 2.83. The predicted molar refractivity (Wildman–Crippen MR) is 135 cm³/mol. The number of ether oxygens (including phenoxy) is 1. The zero-order valence-electron chi connectivity index (χ0n) is 18.5. The Balaban J connectivity index is 1.60. The zero-order chi connectivity index (χ0) is 23.5. The van der Waals surface area contributed by atoms with E-state index in [1.807, 2.05) is 43.3 Å². The number of carbonyl (C=O) groups excluding carboxylic acids is 2. The van der Waals surface area contributed by atoms with Gasteiger partial charge < -0.3 is 15.4 Å². The van der Waals surface area contributed by atoms with E-state index in [9.17, 15) is 9.59 Å². The van der Waals surface area contributed by atoms with Crippen LogP contribution in [0, 0.1) is 0 Å². The molecule has 170 valence electrons. The minimum absolute atomic E-state index is 0.0924. The number of hydrogen-bond acceptors (Lipinski definition) is 4. The lowest BCUT2D eigenvalue weighted by Crippen LogP contribution is -2.35. The number of benzene rings is 3. The monoisotopic (exact) mass is 461 g/mol. The molecule has 6 nitrogen and oxygen atoms in total. The SMILES string of the molecule is CCCOc1ccccc1C(=O)NC(=S)Nc1ccccc1C(=O)NCCc1ccccc1. The molecule has 0 aliphatic heterocycles. The van der Waals surface area contributed by atoms with E-state index >= 15 is 0 Å². The number of nitrogens with one attached hydrogen (secondary N) is 3. The van der Waals surface area contributed by atoms with E-state index in [1.54, 1.807) is 42.5 Å². The van der Waals surface area contributed by atoms with Crippen LogP contribution in [0.5, 0.6) is 5.75 Å². The largest absolute Gasteiger partial charge is 0.493 e. The summed E-state index contributed by atoms with van der Waals surface area (Å²) in [5.41, 5.74) is 2.49. The lowest BCUT2D eigenvalue weighted by Gasteiger charge is -2.15. The first-order valence-electron chi connectivity index (χ1n) is 10.8.